The van der Waals surface area contributed by atoms with Crippen LogP contribution < -0.4 is 20.7 Å². The molecule has 7 heteroatoms. The number of carbonyl (C=O) groups is 1. The molecule has 1 amide bonds. The van der Waals surface area contributed by atoms with Gasteiger partial charge in [0.15, 0.2) is 5.96 Å². The number of amides is 1. The molecule has 1 aliphatic rings. The van der Waals surface area contributed by atoms with E-state index in [1.165, 1.54) is 12.8 Å². The molecule has 0 aliphatic heterocycles. The van der Waals surface area contributed by atoms with E-state index in [4.69, 9.17) is 9.47 Å². The average Bonchev–Trinajstić information content (AvgIpc) is 3.48. The summed E-state index contributed by atoms with van der Waals surface area (Å²) in [5.41, 5.74) is 0.878. The third kappa shape index (κ3) is 9.60. The lowest BCUT2D eigenvalue weighted by Crippen LogP contribution is -2.34. The maximum atomic E-state index is 11.7. The summed E-state index contributed by atoms with van der Waals surface area (Å²) in [6.07, 6.45) is 3.63. The number of carbonyl (C=O) groups excluding carboxylic acids is 1. The Hall–Kier alpha value is -2.28. The summed E-state index contributed by atoms with van der Waals surface area (Å²) in [6, 6.07) is 7.68. The Morgan fingerprint density at radius 3 is 2.61 bits per heavy atom. The molecule has 0 atom stereocenters. The molecule has 1 fully saturated rings. The topological polar surface area (TPSA) is 84.0 Å². The molecule has 0 radical (unpaired) electrons. The van der Waals surface area contributed by atoms with Crippen molar-refractivity contribution in [3.05, 3.63) is 24.3 Å². The second-order valence-corrected chi connectivity index (χ2v) is 7.23. The number of rotatable bonds is 12. The lowest BCUT2D eigenvalue weighted by molar-refractivity contribution is -0.119. The summed E-state index contributed by atoms with van der Waals surface area (Å²) in [5, 5.41) is 9.26. The van der Waals surface area contributed by atoms with E-state index in [1.807, 2.05) is 45.0 Å². The smallest absolute Gasteiger partial charge is 0.241 e. The molecule has 1 aromatic carbocycles. The summed E-state index contributed by atoms with van der Waals surface area (Å²) in [4.78, 5) is 16.1. The van der Waals surface area contributed by atoms with Crippen molar-refractivity contribution in [2.75, 3.05) is 38.2 Å². The van der Waals surface area contributed by atoms with Crippen LogP contribution in [0.5, 0.6) is 5.75 Å². The molecule has 0 aromatic heterocycles. The summed E-state index contributed by atoms with van der Waals surface area (Å²) >= 11 is 0. The van der Waals surface area contributed by atoms with Crippen molar-refractivity contribution in [1.29, 1.82) is 0 Å². The van der Waals surface area contributed by atoms with E-state index < -0.39 is 0 Å². The highest BCUT2D eigenvalue weighted by molar-refractivity contribution is 5.95. The fourth-order valence-electron chi connectivity index (χ4n) is 2.48. The van der Waals surface area contributed by atoms with Gasteiger partial charge in [-0.25, -0.2) is 4.99 Å². The van der Waals surface area contributed by atoms with E-state index in [9.17, 15) is 4.79 Å². The van der Waals surface area contributed by atoms with Crippen LogP contribution in [0.4, 0.5) is 5.69 Å². The second-order valence-electron chi connectivity index (χ2n) is 7.23. The zero-order valence-electron chi connectivity index (χ0n) is 17.3. The zero-order chi connectivity index (χ0) is 20.2. The van der Waals surface area contributed by atoms with E-state index in [-0.39, 0.29) is 18.6 Å². The third-order valence-electron chi connectivity index (χ3n) is 4.05. The van der Waals surface area contributed by atoms with Gasteiger partial charge in [0.25, 0.3) is 0 Å². The van der Waals surface area contributed by atoms with E-state index in [0.29, 0.717) is 12.5 Å². The predicted octanol–water partition coefficient (Wildman–Crippen LogP) is 2.78. The minimum atomic E-state index is -0.1000. The summed E-state index contributed by atoms with van der Waals surface area (Å²) in [6.45, 7) is 8.89. The quantitative estimate of drug-likeness (QED) is 0.290. The summed E-state index contributed by atoms with van der Waals surface area (Å²) in [7, 11) is 0. The Bertz CT molecular complexity index is 613. The Balaban J connectivity index is 1.83. The maximum absolute atomic E-state index is 11.7. The van der Waals surface area contributed by atoms with E-state index in [0.717, 1.165) is 43.5 Å². The highest BCUT2D eigenvalue weighted by atomic mass is 16.5. The van der Waals surface area contributed by atoms with E-state index in [2.05, 4.69) is 20.9 Å². The number of hydrogen-bond donors (Lipinski definition) is 3. The Morgan fingerprint density at radius 2 is 1.96 bits per heavy atom. The van der Waals surface area contributed by atoms with Crippen molar-refractivity contribution >= 4 is 17.6 Å². The SMILES string of the molecule is CCNC(=O)CN=C(NCCCOCC1CC1)Nc1ccc(OC(C)C)cc1. The first-order valence-corrected chi connectivity index (χ1v) is 10.2. The van der Waals surface area contributed by atoms with Crippen LogP contribution in [-0.4, -0.2) is 50.8 Å². The highest BCUT2D eigenvalue weighted by Gasteiger charge is 2.20. The van der Waals surface area contributed by atoms with Crippen LogP contribution in [0.3, 0.4) is 0 Å². The van der Waals surface area contributed by atoms with Gasteiger partial charge in [-0.15, -0.1) is 0 Å². The largest absolute Gasteiger partial charge is 0.491 e. The number of benzene rings is 1. The van der Waals surface area contributed by atoms with Gasteiger partial charge >= 0.3 is 0 Å². The maximum Gasteiger partial charge on any atom is 0.241 e. The Labute approximate surface area is 168 Å². The molecule has 0 spiro atoms. The lowest BCUT2D eigenvalue weighted by Gasteiger charge is -2.14. The third-order valence-corrected chi connectivity index (χ3v) is 4.05. The molecule has 7 nitrogen and oxygen atoms in total. The molecule has 1 aromatic rings. The number of likely N-dealkylation sites (N-methyl/N-ethyl adjacent to an activating group) is 1. The van der Waals surface area contributed by atoms with E-state index in [1.54, 1.807) is 0 Å². The van der Waals surface area contributed by atoms with Crippen molar-refractivity contribution in [2.45, 2.75) is 46.1 Å². The number of ether oxygens (including phenoxy) is 2. The fourth-order valence-corrected chi connectivity index (χ4v) is 2.48. The minimum Gasteiger partial charge on any atom is -0.491 e. The molecule has 0 bridgehead atoms. The van der Waals surface area contributed by atoms with Crippen molar-refractivity contribution in [3.63, 3.8) is 0 Å². The lowest BCUT2D eigenvalue weighted by atomic mass is 10.3. The number of nitrogens with zero attached hydrogens (tertiary/aromatic N) is 1. The van der Waals surface area contributed by atoms with Crippen LogP contribution in [0.25, 0.3) is 0 Å². The number of aliphatic imine (C=N–C) groups is 1. The molecular formula is C21H34N4O3. The number of nitrogens with one attached hydrogen (secondary N) is 3. The Kier molecular flexibility index (Phi) is 9.62. The van der Waals surface area contributed by atoms with Crippen LogP contribution >= 0.6 is 0 Å². The van der Waals surface area contributed by atoms with Crippen molar-refractivity contribution in [1.82, 2.24) is 10.6 Å². The van der Waals surface area contributed by atoms with Crippen molar-refractivity contribution in [3.8, 4) is 5.75 Å². The van der Waals surface area contributed by atoms with Gasteiger partial charge in [0, 0.05) is 32.0 Å². The Morgan fingerprint density at radius 1 is 1.21 bits per heavy atom. The molecule has 0 unspecified atom stereocenters. The molecule has 2 rings (SSSR count). The summed E-state index contributed by atoms with van der Waals surface area (Å²) in [5.74, 6) is 2.08. The molecule has 0 heterocycles. The van der Waals surface area contributed by atoms with Gasteiger partial charge in [0.1, 0.15) is 12.3 Å². The normalized spacial score (nSPS) is 14.1. The van der Waals surface area contributed by atoms with Gasteiger partial charge in [0.05, 0.1) is 6.10 Å². The van der Waals surface area contributed by atoms with Gasteiger partial charge in [-0.1, -0.05) is 0 Å². The number of anilines is 1. The first kappa shape index (κ1) is 22.0. The van der Waals surface area contributed by atoms with Gasteiger partial charge in [0.2, 0.25) is 5.91 Å². The standard InChI is InChI=1S/C21H34N4O3/c1-4-22-20(26)14-24-21(23-12-5-13-27-15-17-6-7-17)25-18-8-10-19(11-9-18)28-16(2)3/h8-11,16-17H,4-7,12-15H2,1-3H3,(H,22,26)(H2,23,24,25). The molecule has 1 aliphatic carbocycles. The van der Waals surface area contributed by atoms with E-state index >= 15 is 0 Å². The minimum absolute atomic E-state index is 0.0793. The molecule has 3 N–H and O–H groups in total. The molecular weight excluding hydrogens is 356 g/mol. The van der Waals surface area contributed by atoms with Crippen LogP contribution in [0, 0.1) is 5.92 Å². The number of guanidine groups is 1. The monoisotopic (exact) mass is 390 g/mol. The van der Waals surface area contributed by atoms with Gasteiger partial charge < -0.3 is 25.4 Å². The molecule has 0 saturated heterocycles. The fraction of sp³-hybridized carbons (Fsp3) is 0.619. The van der Waals surface area contributed by atoms with Crippen molar-refractivity contribution in [2.24, 2.45) is 10.9 Å². The average molecular weight is 391 g/mol. The van der Waals surface area contributed by atoms with Crippen molar-refractivity contribution < 1.29 is 14.3 Å². The van der Waals surface area contributed by atoms with Gasteiger partial charge in [-0.3, -0.25) is 4.79 Å². The molecule has 28 heavy (non-hydrogen) atoms. The first-order chi connectivity index (χ1) is 13.6. The second kappa shape index (κ2) is 12.2. The van der Waals surface area contributed by atoms with Crippen LogP contribution in [0.1, 0.15) is 40.0 Å². The molecule has 1 saturated carbocycles. The van der Waals surface area contributed by atoms with Crippen LogP contribution in [0.15, 0.2) is 29.3 Å². The zero-order valence-corrected chi connectivity index (χ0v) is 17.3. The van der Waals surface area contributed by atoms with Gasteiger partial charge in [-0.05, 0) is 70.2 Å². The van der Waals surface area contributed by atoms with Crippen LogP contribution in [-0.2, 0) is 9.53 Å². The first-order valence-electron chi connectivity index (χ1n) is 10.2. The highest BCUT2D eigenvalue weighted by Crippen LogP contribution is 2.28. The number of hydrogen-bond acceptors (Lipinski definition) is 4. The molecule has 156 valence electrons. The summed E-state index contributed by atoms with van der Waals surface area (Å²) < 4.78 is 11.3. The predicted molar refractivity (Wildman–Crippen MR) is 113 cm³/mol. The van der Waals surface area contributed by atoms with Crippen LogP contribution in [0.2, 0.25) is 0 Å². The van der Waals surface area contributed by atoms with Gasteiger partial charge in [-0.2, -0.15) is 0 Å².